The second kappa shape index (κ2) is 6.25. The molecule has 6 rings (SSSR count). The Bertz CT molecular complexity index is 1900. The van der Waals surface area contributed by atoms with Crippen LogP contribution in [0.15, 0.2) is 80.3 Å². The third-order valence-corrected chi connectivity index (χ3v) is 4.83. The summed E-state index contributed by atoms with van der Waals surface area (Å²) >= 11 is 0. The van der Waals surface area contributed by atoms with E-state index in [1.807, 2.05) is 0 Å². The maximum Gasteiger partial charge on any atom is 0.347 e. The highest BCUT2D eigenvalue weighted by Gasteiger charge is 2.19. The molecule has 12 nitrogen and oxygen atoms in total. The fourth-order valence-electron chi connectivity index (χ4n) is 3.41. The Morgan fingerprint density at radius 2 is 0.594 bits per heavy atom. The van der Waals surface area contributed by atoms with E-state index in [1.165, 1.54) is 12.1 Å². The van der Waals surface area contributed by atoms with Crippen LogP contribution in [0.2, 0.25) is 0 Å². The highest BCUT2D eigenvalue weighted by atomic mass is 16.4. The Morgan fingerprint density at radius 1 is 0.344 bits per heavy atom. The minimum atomic E-state index is -0.927. The summed E-state index contributed by atoms with van der Waals surface area (Å²) in [6.07, 6.45) is 0. The Morgan fingerprint density at radius 3 is 0.906 bits per heavy atom. The van der Waals surface area contributed by atoms with Crippen LogP contribution in [-0.4, -0.2) is 0 Å². The lowest BCUT2D eigenvalue weighted by atomic mass is 10.1. The van der Waals surface area contributed by atoms with Crippen molar-refractivity contribution < 1.29 is 17.7 Å². The quantitative estimate of drug-likeness (QED) is 0.282. The van der Waals surface area contributed by atoms with Crippen LogP contribution in [-0.2, 0) is 0 Å². The monoisotopic (exact) mass is 436 g/mol. The van der Waals surface area contributed by atoms with Crippen LogP contribution in [0.4, 0.5) is 0 Å². The third-order valence-electron chi connectivity index (χ3n) is 4.83. The summed E-state index contributed by atoms with van der Waals surface area (Å²) in [6, 6.07) is 4.82. The highest BCUT2D eigenvalue weighted by molar-refractivity contribution is 6.06. The topological polar surface area (TPSA) is 189 Å². The zero-order chi connectivity index (χ0) is 22.9. The standard InChI is InChI=1S/2C10H2O6/c11-7-3-1-4-6(10(14)16-8(4)12)2-5(3)9(13)15-7;11-7-3-1-2-4-6(5(3)9(13)15-7)10(14)16-8(4)12/h2*1-2H. The van der Waals surface area contributed by atoms with Crippen molar-refractivity contribution in [1.29, 1.82) is 0 Å². The van der Waals surface area contributed by atoms with Gasteiger partial charge in [-0.3, -0.25) is 0 Å². The van der Waals surface area contributed by atoms with E-state index in [-0.39, 0.29) is 43.1 Å². The average molecular weight is 436 g/mol. The normalized spacial score (nSPS) is 11.5. The molecule has 0 atom stereocenters. The van der Waals surface area contributed by atoms with Gasteiger partial charge in [0.15, 0.2) is 0 Å². The van der Waals surface area contributed by atoms with Gasteiger partial charge in [-0.1, -0.05) is 0 Å². The van der Waals surface area contributed by atoms with Gasteiger partial charge in [-0.05, 0) is 24.3 Å². The molecule has 4 heterocycles. The molecule has 0 amide bonds. The molecule has 0 N–H and O–H groups in total. The summed E-state index contributed by atoms with van der Waals surface area (Å²) in [5.74, 6) is 0. The number of benzene rings is 2. The van der Waals surface area contributed by atoms with Crippen LogP contribution >= 0.6 is 0 Å². The Kier molecular flexibility index (Phi) is 3.71. The molecule has 0 unspecified atom stereocenters. The van der Waals surface area contributed by atoms with Crippen LogP contribution in [0.5, 0.6) is 0 Å². The minimum absolute atomic E-state index is 0.0181. The number of hydrogen-bond donors (Lipinski definition) is 0. The molecule has 0 saturated carbocycles. The van der Waals surface area contributed by atoms with E-state index in [9.17, 15) is 38.4 Å². The average Bonchev–Trinajstić information content (AvgIpc) is 3.40. The van der Waals surface area contributed by atoms with Gasteiger partial charge in [0.25, 0.3) is 0 Å². The van der Waals surface area contributed by atoms with Crippen LogP contribution in [0.1, 0.15) is 0 Å². The highest BCUT2D eigenvalue weighted by Crippen LogP contribution is 2.16. The molecule has 0 fully saturated rings. The van der Waals surface area contributed by atoms with Crippen LogP contribution in [0.3, 0.4) is 0 Å². The molecule has 0 aliphatic rings. The van der Waals surface area contributed by atoms with Crippen molar-refractivity contribution in [2.24, 2.45) is 0 Å². The number of fused-ring (bicyclic) bond motifs is 5. The van der Waals surface area contributed by atoms with E-state index < -0.39 is 45.0 Å². The fraction of sp³-hybridized carbons (Fsp3) is 0. The van der Waals surface area contributed by atoms with Crippen molar-refractivity contribution in [2.75, 3.05) is 0 Å². The van der Waals surface area contributed by atoms with E-state index in [0.29, 0.717) is 0 Å². The first kappa shape index (κ1) is 19.0. The zero-order valence-electron chi connectivity index (χ0n) is 15.2. The second-order valence-corrected chi connectivity index (χ2v) is 6.56. The molecular formula is C20H4O12. The Hall–Kier alpha value is -5.00. The summed E-state index contributed by atoms with van der Waals surface area (Å²) < 4.78 is 17.4. The molecule has 6 aromatic rings. The molecule has 32 heavy (non-hydrogen) atoms. The molecule has 0 aliphatic carbocycles. The third kappa shape index (κ3) is 2.49. The minimum Gasteiger partial charge on any atom is -0.386 e. The molecule has 0 radical (unpaired) electrons. The van der Waals surface area contributed by atoms with Gasteiger partial charge >= 0.3 is 45.0 Å². The molecule has 0 spiro atoms. The Balaban J connectivity index is 0.000000135. The van der Waals surface area contributed by atoms with Crippen molar-refractivity contribution in [3.63, 3.8) is 0 Å². The number of furan rings is 4. The predicted octanol–water partition coefficient (Wildman–Crippen LogP) is -1.01. The first-order chi connectivity index (χ1) is 15.2. The second-order valence-electron chi connectivity index (χ2n) is 6.56. The summed E-state index contributed by atoms with van der Waals surface area (Å²) in [4.78, 5) is 89.8. The molecule has 0 bridgehead atoms. The molecule has 12 heteroatoms. The van der Waals surface area contributed by atoms with Crippen LogP contribution in [0.25, 0.3) is 43.1 Å². The van der Waals surface area contributed by atoms with Gasteiger partial charge in [0, 0.05) is 0 Å². The largest absolute Gasteiger partial charge is 0.386 e. The maximum atomic E-state index is 11.3. The van der Waals surface area contributed by atoms with Gasteiger partial charge in [-0.2, -0.15) is 0 Å². The summed E-state index contributed by atoms with van der Waals surface area (Å²) in [7, 11) is 0. The lowest BCUT2D eigenvalue weighted by molar-refractivity contribution is 0.497. The van der Waals surface area contributed by atoms with Crippen LogP contribution < -0.4 is 45.0 Å². The van der Waals surface area contributed by atoms with E-state index in [0.717, 1.165) is 12.1 Å². The van der Waals surface area contributed by atoms with Gasteiger partial charge in [0.1, 0.15) is 0 Å². The van der Waals surface area contributed by atoms with E-state index in [4.69, 9.17) is 0 Å². The predicted molar refractivity (Wildman–Crippen MR) is 107 cm³/mol. The van der Waals surface area contributed by atoms with E-state index >= 15 is 0 Å². The smallest absolute Gasteiger partial charge is 0.347 e. The van der Waals surface area contributed by atoms with Gasteiger partial charge in [-0.15, -0.1) is 0 Å². The van der Waals surface area contributed by atoms with Gasteiger partial charge in [0.2, 0.25) is 0 Å². The summed E-state index contributed by atoms with van der Waals surface area (Å²) in [5.41, 5.74) is -6.80. The molecular weight excluding hydrogens is 432 g/mol. The van der Waals surface area contributed by atoms with E-state index in [1.54, 1.807) is 0 Å². The van der Waals surface area contributed by atoms with Crippen molar-refractivity contribution in [2.45, 2.75) is 0 Å². The Labute approximate surface area is 169 Å². The summed E-state index contributed by atoms with van der Waals surface area (Å²) in [6.45, 7) is 0. The molecule has 0 aliphatic heterocycles. The fourth-order valence-corrected chi connectivity index (χ4v) is 3.41. The van der Waals surface area contributed by atoms with Crippen molar-refractivity contribution in [1.82, 2.24) is 0 Å². The molecule has 4 aromatic heterocycles. The van der Waals surface area contributed by atoms with Crippen LogP contribution in [0, 0.1) is 0 Å². The summed E-state index contributed by atoms with van der Waals surface area (Å²) in [5, 5.41) is -0.473. The number of rotatable bonds is 0. The lowest BCUT2D eigenvalue weighted by Gasteiger charge is -1.84. The van der Waals surface area contributed by atoms with Crippen molar-refractivity contribution >= 4 is 43.1 Å². The number of hydrogen-bond acceptors (Lipinski definition) is 12. The lowest BCUT2D eigenvalue weighted by Crippen LogP contribution is -1.98. The first-order valence-electron chi connectivity index (χ1n) is 8.58. The first-order valence-corrected chi connectivity index (χ1v) is 8.58. The van der Waals surface area contributed by atoms with Crippen molar-refractivity contribution in [3.05, 3.63) is 108 Å². The maximum absolute atomic E-state index is 11.3. The van der Waals surface area contributed by atoms with Crippen molar-refractivity contribution in [3.8, 4) is 0 Å². The van der Waals surface area contributed by atoms with E-state index in [2.05, 4.69) is 17.7 Å². The van der Waals surface area contributed by atoms with Gasteiger partial charge in [-0.25, -0.2) is 38.4 Å². The zero-order valence-corrected chi connectivity index (χ0v) is 15.2. The van der Waals surface area contributed by atoms with Gasteiger partial charge < -0.3 is 17.7 Å². The molecule has 2 aromatic carbocycles. The molecule has 0 saturated heterocycles. The SMILES string of the molecule is O=c1oc(=O)c2c1ccc1c(=O)oc(=O)c12.O=c1oc(=O)c2cc3c(=O)oc(=O)c3cc12. The molecule has 156 valence electrons. The van der Waals surface area contributed by atoms with Gasteiger partial charge in [0.05, 0.1) is 43.1 Å².